The van der Waals surface area contributed by atoms with Crippen molar-refractivity contribution in [1.82, 2.24) is 15.0 Å². The molecular weight excluding hydrogens is 318 g/mol. The molecule has 1 N–H and O–H groups in total. The van der Waals surface area contributed by atoms with Gasteiger partial charge in [-0.2, -0.15) is 4.98 Å². The molecule has 1 aliphatic carbocycles. The molecule has 1 aromatic rings. The molecule has 3 atom stereocenters. The van der Waals surface area contributed by atoms with Gasteiger partial charge in [0.15, 0.2) is 5.82 Å². The van der Waals surface area contributed by atoms with Gasteiger partial charge in [0.25, 0.3) is 0 Å². The average molecular weight is 344 g/mol. The molecule has 0 bridgehead atoms. The van der Waals surface area contributed by atoms with Crippen molar-refractivity contribution in [2.45, 2.75) is 76.9 Å². The molecule has 1 aromatic heterocycles. The van der Waals surface area contributed by atoms with E-state index in [0.29, 0.717) is 30.2 Å². The second-order valence-electron chi connectivity index (χ2n) is 7.64. The summed E-state index contributed by atoms with van der Waals surface area (Å²) in [6.07, 6.45) is 5.37. The first-order valence-corrected chi connectivity index (χ1v) is 8.18. The highest BCUT2D eigenvalue weighted by Gasteiger charge is 2.45. The minimum Gasteiger partial charge on any atom is -0.480 e. The Balaban J connectivity index is 0.00000192. The Bertz CT molecular complexity index is 555. The van der Waals surface area contributed by atoms with Crippen molar-refractivity contribution in [2.24, 2.45) is 5.92 Å². The topological polar surface area (TPSA) is 79.5 Å². The largest absolute Gasteiger partial charge is 0.480 e. The van der Waals surface area contributed by atoms with Crippen LogP contribution in [0.15, 0.2) is 4.52 Å². The van der Waals surface area contributed by atoms with E-state index in [0.717, 1.165) is 19.3 Å². The lowest BCUT2D eigenvalue weighted by molar-refractivity contribution is -0.143. The number of hydrogen-bond donors (Lipinski definition) is 1. The number of likely N-dealkylation sites (tertiary alicyclic amines) is 1. The van der Waals surface area contributed by atoms with Crippen molar-refractivity contribution in [3.8, 4) is 0 Å². The predicted molar refractivity (Wildman–Crippen MR) is 87.6 cm³/mol. The van der Waals surface area contributed by atoms with Crippen LogP contribution in [0.4, 0.5) is 0 Å². The predicted octanol–water partition coefficient (Wildman–Crippen LogP) is 3.01. The van der Waals surface area contributed by atoms with Gasteiger partial charge in [0.1, 0.15) is 6.04 Å². The molecule has 3 rings (SSSR count). The van der Waals surface area contributed by atoms with Gasteiger partial charge in [-0.3, -0.25) is 9.69 Å². The third-order valence-electron chi connectivity index (χ3n) is 4.96. The number of carboxylic acid groups (broad SMARTS) is 1. The molecule has 7 heteroatoms. The maximum atomic E-state index is 11.6. The van der Waals surface area contributed by atoms with E-state index in [2.05, 4.69) is 15.0 Å². The highest BCUT2D eigenvalue weighted by Crippen LogP contribution is 2.40. The second-order valence-corrected chi connectivity index (χ2v) is 7.64. The van der Waals surface area contributed by atoms with Crippen molar-refractivity contribution in [3.05, 3.63) is 11.7 Å². The molecule has 0 aromatic carbocycles. The molecule has 0 amide bonds. The normalized spacial score (nSPS) is 28.2. The van der Waals surface area contributed by atoms with Crippen molar-refractivity contribution in [3.63, 3.8) is 0 Å². The third-order valence-corrected chi connectivity index (χ3v) is 4.96. The van der Waals surface area contributed by atoms with Crippen LogP contribution in [-0.2, 0) is 16.8 Å². The molecule has 2 heterocycles. The number of hydrogen-bond acceptors (Lipinski definition) is 5. The van der Waals surface area contributed by atoms with Crippen LogP contribution in [0, 0.1) is 5.92 Å². The zero-order valence-corrected chi connectivity index (χ0v) is 14.8. The van der Waals surface area contributed by atoms with Gasteiger partial charge in [0, 0.05) is 11.5 Å². The highest BCUT2D eigenvalue weighted by atomic mass is 35.5. The summed E-state index contributed by atoms with van der Waals surface area (Å²) >= 11 is 0. The standard InChI is InChI=1S/C16H25N3O3.ClH/c1-16(2,3)15-17-13(22-18-15)9-19-11-7-5-4-6-10(11)8-12(19)14(20)21;/h10-12H,4-9H2,1-3H3,(H,20,21);1H. The zero-order chi connectivity index (χ0) is 15.9. The number of aliphatic carboxylic acids is 1. The molecule has 1 saturated carbocycles. The fourth-order valence-electron chi connectivity index (χ4n) is 3.80. The van der Waals surface area contributed by atoms with Gasteiger partial charge in [-0.25, -0.2) is 0 Å². The number of carbonyl (C=O) groups is 1. The lowest BCUT2D eigenvalue weighted by Crippen LogP contribution is -2.41. The molecule has 3 unspecified atom stereocenters. The lowest BCUT2D eigenvalue weighted by Gasteiger charge is -2.31. The first-order valence-electron chi connectivity index (χ1n) is 8.18. The van der Waals surface area contributed by atoms with E-state index in [1.54, 1.807) is 0 Å². The zero-order valence-electron chi connectivity index (χ0n) is 14.0. The quantitative estimate of drug-likeness (QED) is 0.908. The molecule has 2 fully saturated rings. The van der Waals surface area contributed by atoms with Gasteiger partial charge >= 0.3 is 5.97 Å². The van der Waals surface area contributed by atoms with E-state index in [-0.39, 0.29) is 17.8 Å². The number of rotatable bonds is 3. The van der Waals surface area contributed by atoms with Gasteiger partial charge in [-0.15, -0.1) is 12.4 Å². The van der Waals surface area contributed by atoms with E-state index in [4.69, 9.17) is 4.52 Å². The number of halogens is 1. The van der Waals surface area contributed by atoms with E-state index in [9.17, 15) is 9.90 Å². The van der Waals surface area contributed by atoms with Crippen LogP contribution in [0.5, 0.6) is 0 Å². The molecular formula is C16H26ClN3O3. The highest BCUT2D eigenvalue weighted by molar-refractivity contribution is 5.85. The molecule has 1 saturated heterocycles. The Morgan fingerprint density at radius 2 is 2.04 bits per heavy atom. The summed E-state index contributed by atoms with van der Waals surface area (Å²) in [6, 6.07) is -0.0714. The summed E-state index contributed by atoms with van der Waals surface area (Å²) in [5, 5.41) is 13.6. The fourth-order valence-corrected chi connectivity index (χ4v) is 3.80. The van der Waals surface area contributed by atoms with E-state index in [1.165, 1.54) is 12.8 Å². The summed E-state index contributed by atoms with van der Waals surface area (Å²) in [5.41, 5.74) is -0.160. The van der Waals surface area contributed by atoms with Gasteiger partial charge in [0.05, 0.1) is 6.54 Å². The molecule has 130 valence electrons. The SMILES string of the molecule is CC(C)(C)c1noc(CN2C(C(=O)O)CC3CCCCC32)n1.Cl. The summed E-state index contributed by atoms with van der Waals surface area (Å²) < 4.78 is 5.37. The van der Waals surface area contributed by atoms with E-state index < -0.39 is 12.0 Å². The van der Waals surface area contributed by atoms with Crippen molar-refractivity contribution >= 4 is 18.4 Å². The molecule has 6 nitrogen and oxygen atoms in total. The van der Waals surface area contributed by atoms with Crippen LogP contribution in [0.3, 0.4) is 0 Å². The van der Waals surface area contributed by atoms with Gasteiger partial charge in [-0.05, 0) is 25.2 Å². The maximum absolute atomic E-state index is 11.6. The summed E-state index contributed by atoms with van der Waals surface area (Å²) in [5.74, 6) is 0.973. The number of aromatic nitrogens is 2. The van der Waals surface area contributed by atoms with Crippen molar-refractivity contribution in [2.75, 3.05) is 0 Å². The molecule has 0 radical (unpaired) electrons. The first-order chi connectivity index (χ1) is 10.4. The monoisotopic (exact) mass is 343 g/mol. The van der Waals surface area contributed by atoms with Gasteiger partial charge in [-0.1, -0.05) is 38.8 Å². The summed E-state index contributed by atoms with van der Waals surface area (Å²) in [6.45, 7) is 6.55. The number of fused-ring (bicyclic) bond motifs is 1. The van der Waals surface area contributed by atoms with E-state index >= 15 is 0 Å². The molecule has 2 aliphatic rings. The summed E-state index contributed by atoms with van der Waals surface area (Å²) in [7, 11) is 0. The smallest absolute Gasteiger partial charge is 0.320 e. The minimum atomic E-state index is -0.732. The van der Waals surface area contributed by atoms with Gasteiger partial charge < -0.3 is 9.63 Å². The van der Waals surface area contributed by atoms with Crippen LogP contribution >= 0.6 is 12.4 Å². The van der Waals surface area contributed by atoms with Crippen LogP contribution < -0.4 is 0 Å². The van der Waals surface area contributed by atoms with Crippen LogP contribution in [0.2, 0.25) is 0 Å². The Kier molecular flexibility index (Phi) is 5.36. The van der Waals surface area contributed by atoms with Crippen LogP contribution in [0.1, 0.15) is 64.6 Å². The second kappa shape index (κ2) is 6.77. The molecule has 23 heavy (non-hydrogen) atoms. The lowest BCUT2D eigenvalue weighted by atomic mass is 9.85. The molecule has 1 aliphatic heterocycles. The Morgan fingerprint density at radius 3 is 2.65 bits per heavy atom. The summed E-state index contributed by atoms with van der Waals surface area (Å²) in [4.78, 5) is 18.1. The van der Waals surface area contributed by atoms with E-state index in [1.807, 2.05) is 20.8 Å². The van der Waals surface area contributed by atoms with Crippen LogP contribution in [-0.4, -0.2) is 38.2 Å². The maximum Gasteiger partial charge on any atom is 0.320 e. The van der Waals surface area contributed by atoms with Gasteiger partial charge in [0.2, 0.25) is 5.89 Å². The number of carboxylic acids is 1. The Labute approximate surface area is 143 Å². The van der Waals surface area contributed by atoms with Crippen molar-refractivity contribution in [1.29, 1.82) is 0 Å². The minimum absolute atomic E-state index is 0. The van der Waals surface area contributed by atoms with Crippen molar-refractivity contribution < 1.29 is 14.4 Å². The van der Waals surface area contributed by atoms with Crippen LogP contribution in [0.25, 0.3) is 0 Å². The molecule has 0 spiro atoms. The first kappa shape index (κ1) is 18.2. The Morgan fingerprint density at radius 1 is 1.35 bits per heavy atom. The third kappa shape index (κ3) is 3.69. The Hall–Kier alpha value is -1.14. The number of nitrogens with zero attached hydrogens (tertiary/aromatic N) is 3. The fraction of sp³-hybridized carbons (Fsp3) is 0.812. The average Bonchev–Trinajstić information content (AvgIpc) is 3.04.